The van der Waals surface area contributed by atoms with Crippen molar-refractivity contribution < 1.29 is 23.9 Å². The minimum absolute atomic E-state index is 0.119. The second-order valence-electron chi connectivity index (χ2n) is 5.19. The van der Waals surface area contributed by atoms with Crippen molar-refractivity contribution in [1.82, 2.24) is 0 Å². The molecule has 0 fully saturated rings. The van der Waals surface area contributed by atoms with Crippen LogP contribution in [0.25, 0.3) is 11.1 Å². The quantitative estimate of drug-likeness (QED) is 0.596. The van der Waals surface area contributed by atoms with Gasteiger partial charge in [0.25, 0.3) is 0 Å². The van der Waals surface area contributed by atoms with Crippen LogP contribution in [0.5, 0.6) is 0 Å². The Hall–Kier alpha value is -3.08. The fraction of sp³-hybridized carbons (Fsp3) is 0.0588. The number of cyclic esters (lactones) is 2. The van der Waals surface area contributed by atoms with Crippen molar-refractivity contribution >= 4 is 23.5 Å². The lowest BCUT2D eigenvalue weighted by molar-refractivity contribution is 0.0443. The standard InChI is InChI=1S/C17H8O5/c18-13-7-14(19)12-6-8(4-5-10(12)13)9-2-1-3-11-15(9)17(21)22-16(11)20/h1-6H,7H2. The first-order valence-electron chi connectivity index (χ1n) is 6.66. The smallest absolute Gasteiger partial charge is 0.347 e. The summed E-state index contributed by atoms with van der Waals surface area (Å²) in [5.41, 5.74) is 2.29. The van der Waals surface area contributed by atoms with Gasteiger partial charge in [-0.15, -0.1) is 0 Å². The highest BCUT2D eigenvalue weighted by atomic mass is 16.6. The first kappa shape index (κ1) is 12.6. The van der Waals surface area contributed by atoms with Gasteiger partial charge in [0.05, 0.1) is 17.5 Å². The summed E-state index contributed by atoms with van der Waals surface area (Å²) in [6.45, 7) is 0. The van der Waals surface area contributed by atoms with Crippen molar-refractivity contribution in [2.75, 3.05) is 0 Å². The van der Waals surface area contributed by atoms with E-state index in [0.717, 1.165) is 0 Å². The second-order valence-corrected chi connectivity index (χ2v) is 5.19. The molecule has 2 aromatic rings. The summed E-state index contributed by atoms with van der Waals surface area (Å²) < 4.78 is 4.63. The lowest BCUT2D eigenvalue weighted by Gasteiger charge is -2.07. The maximum Gasteiger partial charge on any atom is 0.347 e. The van der Waals surface area contributed by atoms with Crippen molar-refractivity contribution in [2.45, 2.75) is 6.42 Å². The zero-order chi connectivity index (χ0) is 15.4. The topological polar surface area (TPSA) is 77.5 Å². The molecule has 106 valence electrons. The van der Waals surface area contributed by atoms with E-state index in [1.807, 2.05) is 0 Å². The number of rotatable bonds is 1. The van der Waals surface area contributed by atoms with E-state index < -0.39 is 11.9 Å². The number of benzene rings is 2. The highest BCUT2D eigenvalue weighted by Gasteiger charge is 2.33. The summed E-state index contributed by atoms with van der Waals surface area (Å²) in [5.74, 6) is -1.79. The van der Waals surface area contributed by atoms with Gasteiger partial charge in [-0.2, -0.15) is 0 Å². The number of carbonyl (C=O) groups excluding carboxylic acids is 4. The van der Waals surface area contributed by atoms with Crippen LogP contribution in [0, 0.1) is 0 Å². The van der Waals surface area contributed by atoms with Gasteiger partial charge in [0.15, 0.2) is 11.6 Å². The van der Waals surface area contributed by atoms with Gasteiger partial charge in [-0.25, -0.2) is 9.59 Å². The Labute approximate surface area is 124 Å². The molecule has 0 saturated carbocycles. The Bertz CT molecular complexity index is 907. The monoisotopic (exact) mass is 292 g/mol. The molecule has 2 aliphatic rings. The van der Waals surface area contributed by atoms with Gasteiger partial charge in [0, 0.05) is 11.1 Å². The molecule has 22 heavy (non-hydrogen) atoms. The summed E-state index contributed by atoms with van der Waals surface area (Å²) in [6, 6.07) is 9.69. The highest BCUT2D eigenvalue weighted by Crippen LogP contribution is 2.34. The van der Waals surface area contributed by atoms with E-state index >= 15 is 0 Å². The molecule has 1 aliphatic heterocycles. The maximum atomic E-state index is 11.9. The van der Waals surface area contributed by atoms with Crippen molar-refractivity contribution in [3.05, 3.63) is 58.7 Å². The molecular formula is C17H8O5. The number of carbonyl (C=O) groups is 4. The minimum atomic E-state index is -0.696. The van der Waals surface area contributed by atoms with Crippen molar-refractivity contribution in [3.63, 3.8) is 0 Å². The number of fused-ring (bicyclic) bond motifs is 2. The van der Waals surface area contributed by atoms with Crippen LogP contribution < -0.4 is 0 Å². The van der Waals surface area contributed by atoms with E-state index in [9.17, 15) is 19.2 Å². The van der Waals surface area contributed by atoms with Gasteiger partial charge >= 0.3 is 11.9 Å². The molecule has 0 N–H and O–H groups in total. The molecule has 0 radical (unpaired) electrons. The van der Waals surface area contributed by atoms with Crippen LogP contribution in [0.2, 0.25) is 0 Å². The number of ketones is 2. The summed E-state index contributed by atoms with van der Waals surface area (Å²) in [4.78, 5) is 47.0. The van der Waals surface area contributed by atoms with Crippen LogP contribution in [-0.2, 0) is 4.74 Å². The van der Waals surface area contributed by atoms with Crippen LogP contribution in [0.15, 0.2) is 36.4 Å². The van der Waals surface area contributed by atoms with E-state index in [-0.39, 0.29) is 29.1 Å². The number of esters is 2. The lowest BCUT2D eigenvalue weighted by atomic mass is 9.94. The molecule has 1 heterocycles. The Morgan fingerprint density at radius 1 is 0.727 bits per heavy atom. The molecule has 0 bridgehead atoms. The maximum absolute atomic E-state index is 11.9. The Balaban J connectivity index is 1.94. The lowest BCUT2D eigenvalue weighted by Crippen LogP contribution is -1.99. The van der Waals surface area contributed by atoms with Gasteiger partial charge in [0.2, 0.25) is 0 Å². The third-order valence-corrected chi connectivity index (χ3v) is 3.93. The van der Waals surface area contributed by atoms with E-state index in [4.69, 9.17) is 0 Å². The van der Waals surface area contributed by atoms with Crippen LogP contribution in [0.4, 0.5) is 0 Å². The fourth-order valence-electron chi connectivity index (χ4n) is 2.90. The molecule has 0 unspecified atom stereocenters. The molecule has 0 atom stereocenters. The number of Topliss-reactive ketones (excluding diaryl/α,β-unsaturated/α-hetero) is 2. The summed E-state index contributed by atoms with van der Waals surface area (Å²) in [7, 11) is 0. The molecule has 0 amide bonds. The van der Waals surface area contributed by atoms with Crippen molar-refractivity contribution in [2.24, 2.45) is 0 Å². The molecule has 2 aromatic carbocycles. The number of hydrogen-bond acceptors (Lipinski definition) is 5. The molecule has 5 heteroatoms. The van der Waals surface area contributed by atoms with E-state index in [2.05, 4.69) is 4.74 Å². The van der Waals surface area contributed by atoms with Crippen molar-refractivity contribution in [3.8, 4) is 11.1 Å². The Morgan fingerprint density at radius 3 is 2.27 bits per heavy atom. The summed E-state index contributed by atoms with van der Waals surface area (Å²) >= 11 is 0. The molecular weight excluding hydrogens is 284 g/mol. The molecule has 0 aromatic heterocycles. The van der Waals surface area contributed by atoms with Crippen LogP contribution in [-0.4, -0.2) is 23.5 Å². The number of hydrogen-bond donors (Lipinski definition) is 0. The minimum Gasteiger partial charge on any atom is -0.386 e. The highest BCUT2D eigenvalue weighted by molar-refractivity contribution is 6.25. The first-order chi connectivity index (χ1) is 10.6. The molecule has 0 spiro atoms. The molecule has 4 rings (SSSR count). The van der Waals surface area contributed by atoms with Gasteiger partial charge in [-0.05, 0) is 23.3 Å². The summed E-state index contributed by atoms with van der Waals surface area (Å²) in [5, 5.41) is 0. The van der Waals surface area contributed by atoms with E-state index in [0.29, 0.717) is 22.3 Å². The second kappa shape index (κ2) is 4.21. The van der Waals surface area contributed by atoms with Gasteiger partial charge in [0.1, 0.15) is 0 Å². The Kier molecular flexibility index (Phi) is 2.42. The van der Waals surface area contributed by atoms with Gasteiger partial charge in [-0.3, -0.25) is 9.59 Å². The number of ether oxygens (including phenoxy) is 1. The Morgan fingerprint density at radius 2 is 1.45 bits per heavy atom. The molecule has 1 aliphatic carbocycles. The predicted molar refractivity (Wildman–Crippen MR) is 74.9 cm³/mol. The van der Waals surface area contributed by atoms with Crippen LogP contribution in [0.3, 0.4) is 0 Å². The molecule has 5 nitrogen and oxygen atoms in total. The normalized spacial score (nSPS) is 15.8. The van der Waals surface area contributed by atoms with Crippen LogP contribution in [0.1, 0.15) is 47.9 Å². The fourth-order valence-corrected chi connectivity index (χ4v) is 2.90. The first-order valence-corrected chi connectivity index (χ1v) is 6.66. The average molecular weight is 292 g/mol. The van der Waals surface area contributed by atoms with Gasteiger partial charge < -0.3 is 4.74 Å². The van der Waals surface area contributed by atoms with E-state index in [1.165, 1.54) is 6.07 Å². The van der Waals surface area contributed by atoms with Crippen molar-refractivity contribution in [1.29, 1.82) is 0 Å². The van der Waals surface area contributed by atoms with E-state index in [1.54, 1.807) is 30.3 Å². The zero-order valence-corrected chi connectivity index (χ0v) is 11.2. The third-order valence-electron chi connectivity index (χ3n) is 3.93. The van der Waals surface area contributed by atoms with Gasteiger partial charge in [-0.1, -0.05) is 24.3 Å². The predicted octanol–water partition coefficient (Wildman–Crippen LogP) is 2.43. The zero-order valence-electron chi connectivity index (χ0n) is 11.2. The SMILES string of the molecule is O=C1CC(=O)c2cc(-c3cccc4c3C(=O)OC4=O)ccc21. The molecule has 0 saturated heterocycles. The summed E-state index contributed by atoms with van der Waals surface area (Å²) in [6.07, 6.45) is -0.119. The third kappa shape index (κ3) is 1.59. The van der Waals surface area contributed by atoms with Crippen LogP contribution >= 0.6 is 0 Å². The largest absolute Gasteiger partial charge is 0.386 e. The average Bonchev–Trinajstić information content (AvgIpc) is 2.96.